The number of hydrogen-bond donors (Lipinski definition) is 2. The average molecular weight is 755 g/mol. The number of hydrogen-bond acceptors (Lipinski definition) is 5. The Labute approximate surface area is 333 Å². The Hall–Kier alpha value is -0.200. The van der Waals surface area contributed by atoms with Crippen molar-refractivity contribution < 1.29 is 24.4 Å². The van der Waals surface area contributed by atoms with E-state index in [2.05, 4.69) is 69.2 Å². The molecular formula is C48H98O5. The van der Waals surface area contributed by atoms with Crippen LogP contribution in [0.15, 0.2) is 0 Å². The molecule has 0 aromatic carbocycles. The highest BCUT2D eigenvalue weighted by molar-refractivity contribution is 4.70. The molecule has 0 aliphatic heterocycles. The number of aliphatic hydroxyl groups excluding tert-OH is 2. The molecule has 0 saturated carbocycles. The summed E-state index contributed by atoms with van der Waals surface area (Å²) in [5.41, 5.74) is 0. The van der Waals surface area contributed by atoms with Crippen molar-refractivity contribution in [3.63, 3.8) is 0 Å². The molecule has 0 aliphatic rings. The van der Waals surface area contributed by atoms with Crippen LogP contribution in [0.4, 0.5) is 0 Å². The molecule has 320 valence electrons. The first-order valence-electron chi connectivity index (χ1n) is 23.4. The molecule has 0 rings (SSSR count). The minimum absolute atomic E-state index is 0.188. The van der Waals surface area contributed by atoms with E-state index in [9.17, 15) is 10.2 Å². The number of aliphatic hydroxyl groups is 2. The van der Waals surface area contributed by atoms with Gasteiger partial charge >= 0.3 is 0 Å². The van der Waals surface area contributed by atoms with E-state index in [1.54, 1.807) is 0 Å². The topological polar surface area (TPSA) is 68.2 Å². The van der Waals surface area contributed by atoms with E-state index in [4.69, 9.17) is 14.2 Å². The minimum Gasteiger partial charge on any atom is -0.393 e. The van der Waals surface area contributed by atoms with Crippen LogP contribution in [0.3, 0.4) is 0 Å². The van der Waals surface area contributed by atoms with Crippen molar-refractivity contribution in [2.24, 2.45) is 47.3 Å². The van der Waals surface area contributed by atoms with Gasteiger partial charge in [-0.25, -0.2) is 0 Å². The number of ether oxygens (including phenoxy) is 3. The molecule has 0 spiro atoms. The van der Waals surface area contributed by atoms with Crippen LogP contribution in [0.1, 0.15) is 224 Å². The predicted octanol–water partition coefficient (Wildman–Crippen LogP) is 14.2. The third-order valence-electron chi connectivity index (χ3n) is 11.5. The molecule has 0 heterocycles. The normalized spacial score (nSPS) is 19.1. The van der Waals surface area contributed by atoms with Crippen LogP contribution in [0.5, 0.6) is 0 Å². The Morgan fingerprint density at radius 3 is 0.943 bits per heavy atom. The van der Waals surface area contributed by atoms with Gasteiger partial charge in [-0.1, -0.05) is 121 Å². The van der Waals surface area contributed by atoms with Crippen molar-refractivity contribution in [1.29, 1.82) is 0 Å². The summed E-state index contributed by atoms with van der Waals surface area (Å²) in [6.45, 7) is 29.0. The van der Waals surface area contributed by atoms with E-state index in [1.807, 2.05) is 13.8 Å². The fourth-order valence-electron chi connectivity index (χ4n) is 9.40. The monoisotopic (exact) mass is 755 g/mol. The Morgan fingerprint density at radius 1 is 0.340 bits per heavy atom. The first kappa shape index (κ1) is 52.8. The first-order valence-corrected chi connectivity index (χ1v) is 23.4. The Kier molecular flexibility index (Phi) is 33.8. The van der Waals surface area contributed by atoms with E-state index in [0.29, 0.717) is 35.5 Å². The summed E-state index contributed by atoms with van der Waals surface area (Å²) >= 11 is 0. The van der Waals surface area contributed by atoms with E-state index in [0.717, 1.165) is 76.4 Å². The molecule has 53 heavy (non-hydrogen) atoms. The van der Waals surface area contributed by atoms with Crippen molar-refractivity contribution in [1.82, 2.24) is 0 Å². The minimum atomic E-state index is -0.195. The maximum absolute atomic E-state index is 9.77. The van der Waals surface area contributed by atoms with E-state index >= 15 is 0 Å². The van der Waals surface area contributed by atoms with Crippen LogP contribution in [0.2, 0.25) is 0 Å². The summed E-state index contributed by atoms with van der Waals surface area (Å²) in [6.07, 6.45) is 24.8. The van der Waals surface area contributed by atoms with Gasteiger partial charge in [0.05, 0.1) is 12.2 Å². The highest BCUT2D eigenvalue weighted by atomic mass is 16.8. The summed E-state index contributed by atoms with van der Waals surface area (Å²) < 4.78 is 19.7. The smallest absolute Gasteiger partial charge is 0.160 e. The fourth-order valence-corrected chi connectivity index (χ4v) is 9.40. The van der Waals surface area contributed by atoms with Gasteiger partial charge < -0.3 is 24.4 Å². The lowest BCUT2D eigenvalue weighted by molar-refractivity contribution is -0.250. The van der Waals surface area contributed by atoms with Crippen LogP contribution in [0, 0.1) is 47.3 Å². The third-order valence-corrected chi connectivity index (χ3v) is 11.5. The summed E-state index contributed by atoms with van der Waals surface area (Å²) in [5, 5.41) is 19.5. The average Bonchev–Trinajstić information content (AvgIpc) is 3.02. The van der Waals surface area contributed by atoms with Gasteiger partial charge in [0.25, 0.3) is 0 Å². The Bertz CT molecular complexity index is 711. The molecule has 0 bridgehead atoms. The Morgan fingerprint density at radius 2 is 0.642 bits per heavy atom. The molecule has 0 aliphatic carbocycles. The lowest BCUT2D eigenvalue weighted by Crippen LogP contribution is -2.28. The summed E-state index contributed by atoms with van der Waals surface area (Å²) in [6, 6.07) is 0. The van der Waals surface area contributed by atoms with Gasteiger partial charge in [0.2, 0.25) is 0 Å². The molecule has 0 amide bonds. The summed E-state index contributed by atoms with van der Waals surface area (Å²) in [5.74, 6) is 5.44. The van der Waals surface area contributed by atoms with E-state index in [-0.39, 0.29) is 24.8 Å². The van der Waals surface area contributed by atoms with Gasteiger partial charge in [0, 0.05) is 13.2 Å². The molecule has 12 atom stereocenters. The maximum atomic E-state index is 9.77. The van der Waals surface area contributed by atoms with Crippen molar-refractivity contribution in [3.05, 3.63) is 0 Å². The number of unbranched alkanes of at least 4 members (excludes halogenated alkanes) is 6. The molecule has 0 fully saturated rings. The van der Waals surface area contributed by atoms with Gasteiger partial charge in [-0.3, -0.25) is 0 Å². The van der Waals surface area contributed by atoms with E-state index < -0.39 is 0 Å². The highest BCUT2D eigenvalue weighted by Gasteiger charge is 2.21. The SMILES string of the molecule is CCCCCCOC(CCCC(C)CC(C)CC(C)CC(C)CC(C)O)OC(CCCC(C)CC(C)CC(C)CC(C)CC(C)O)OCCCCCC. The van der Waals surface area contributed by atoms with Crippen LogP contribution in [-0.4, -0.2) is 48.2 Å². The second-order valence-corrected chi connectivity index (χ2v) is 19.1. The molecule has 2 N–H and O–H groups in total. The fraction of sp³-hybridized carbons (Fsp3) is 1.00. The zero-order valence-corrected chi connectivity index (χ0v) is 38.0. The lowest BCUT2D eigenvalue weighted by atomic mass is 9.83. The summed E-state index contributed by atoms with van der Waals surface area (Å²) in [4.78, 5) is 0. The van der Waals surface area contributed by atoms with Gasteiger partial charge in [0.1, 0.15) is 0 Å². The molecule has 5 heteroatoms. The van der Waals surface area contributed by atoms with Crippen molar-refractivity contribution in [3.8, 4) is 0 Å². The largest absolute Gasteiger partial charge is 0.393 e. The first-order chi connectivity index (χ1) is 25.1. The molecule has 0 radical (unpaired) electrons. The predicted molar refractivity (Wildman–Crippen MR) is 230 cm³/mol. The number of rotatable bonds is 38. The van der Waals surface area contributed by atoms with Gasteiger partial charge in [-0.2, -0.15) is 0 Å². The molecule has 5 nitrogen and oxygen atoms in total. The molecule has 0 aromatic heterocycles. The standard InChI is InChI=1S/C48H98O5/c1-13-15-17-19-27-51-47(25-21-23-37(3)29-39(5)31-41(7)33-43(9)35-45(11)49)53-48(52-28-20-18-16-14-2)26-22-24-38(4)30-40(6)32-42(8)34-44(10)36-46(12)50/h37-50H,13-36H2,1-12H3. The van der Waals surface area contributed by atoms with Crippen LogP contribution < -0.4 is 0 Å². The van der Waals surface area contributed by atoms with Crippen molar-refractivity contribution in [2.45, 2.75) is 249 Å². The molecule has 12 unspecified atom stereocenters. The highest BCUT2D eigenvalue weighted by Crippen LogP contribution is 2.30. The summed E-state index contributed by atoms with van der Waals surface area (Å²) in [7, 11) is 0. The van der Waals surface area contributed by atoms with Crippen LogP contribution in [0.25, 0.3) is 0 Å². The second-order valence-electron chi connectivity index (χ2n) is 19.1. The van der Waals surface area contributed by atoms with Gasteiger partial charge in [0.15, 0.2) is 12.6 Å². The van der Waals surface area contributed by atoms with Gasteiger partial charge in [-0.05, 0) is 151 Å². The van der Waals surface area contributed by atoms with Crippen LogP contribution >= 0.6 is 0 Å². The van der Waals surface area contributed by atoms with Crippen LogP contribution in [-0.2, 0) is 14.2 Å². The van der Waals surface area contributed by atoms with Crippen molar-refractivity contribution in [2.75, 3.05) is 13.2 Å². The molecule has 0 aromatic rings. The molecule has 0 saturated heterocycles. The van der Waals surface area contributed by atoms with Crippen molar-refractivity contribution >= 4 is 0 Å². The molecular weight excluding hydrogens is 657 g/mol. The zero-order chi connectivity index (χ0) is 40.0. The third kappa shape index (κ3) is 33.6. The van der Waals surface area contributed by atoms with Gasteiger partial charge in [-0.15, -0.1) is 0 Å². The Balaban J connectivity index is 5.11. The zero-order valence-electron chi connectivity index (χ0n) is 38.0. The van der Waals surface area contributed by atoms with E-state index in [1.165, 1.54) is 89.9 Å². The quantitative estimate of drug-likeness (QED) is 0.0485. The maximum Gasteiger partial charge on any atom is 0.160 e. The second kappa shape index (κ2) is 33.9. The lowest BCUT2D eigenvalue weighted by Gasteiger charge is -2.27.